The van der Waals surface area contributed by atoms with Gasteiger partial charge >= 0.3 is 0 Å². The van der Waals surface area contributed by atoms with Gasteiger partial charge in [0.15, 0.2) is 11.8 Å². The third-order valence-electron chi connectivity index (χ3n) is 6.04. The molecule has 4 atom stereocenters. The van der Waals surface area contributed by atoms with E-state index < -0.39 is 0 Å². The van der Waals surface area contributed by atoms with Gasteiger partial charge in [0.2, 0.25) is 17.7 Å². The Hall–Kier alpha value is -2.71. The van der Waals surface area contributed by atoms with Crippen molar-refractivity contribution in [3.63, 3.8) is 0 Å². The molecular formula is C20H28N6O3. The maximum atomic E-state index is 12.7. The molecule has 1 aliphatic heterocycles. The molecule has 0 spiro atoms. The maximum Gasteiger partial charge on any atom is 0.233 e. The van der Waals surface area contributed by atoms with Gasteiger partial charge in [-0.15, -0.1) is 0 Å². The van der Waals surface area contributed by atoms with E-state index in [1.54, 1.807) is 7.05 Å². The Balaban J connectivity index is 1.21. The number of aliphatic imine (C=N–C) groups is 1. The molecule has 0 aromatic carbocycles. The van der Waals surface area contributed by atoms with Gasteiger partial charge in [0, 0.05) is 39.0 Å². The second kappa shape index (κ2) is 7.96. The van der Waals surface area contributed by atoms with Crippen molar-refractivity contribution in [1.29, 1.82) is 0 Å². The number of imide groups is 1. The Morgan fingerprint density at radius 1 is 1.21 bits per heavy atom. The van der Waals surface area contributed by atoms with Crippen LogP contribution < -0.4 is 10.6 Å². The Morgan fingerprint density at radius 3 is 2.45 bits per heavy atom. The van der Waals surface area contributed by atoms with Gasteiger partial charge in [-0.2, -0.15) is 4.98 Å². The molecule has 2 N–H and O–H groups in total. The minimum atomic E-state index is -0.139. The molecule has 2 bridgehead atoms. The number of likely N-dealkylation sites (tertiary alicyclic amines) is 1. The maximum absolute atomic E-state index is 12.7. The van der Waals surface area contributed by atoms with Crippen molar-refractivity contribution in [2.45, 2.75) is 32.6 Å². The van der Waals surface area contributed by atoms with Crippen LogP contribution in [0.25, 0.3) is 0 Å². The summed E-state index contributed by atoms with van der Waals surface area (Å²) in [6.45, 7) is 5.43. The highest BCUT2D eigenvalue weighted by atomic mass is 16.5. The zero-order valence-electron chi connectivity index (χ0n) is 17.1. The highest BCUT2D eigenvalue weighted by Gasteiger charge is 2.58. The van der Waals surface area contributed by atoms with E-state index in [9.17, 15) is 9.59 Å². The molecule has 4 unspecified atom stereocenters. The van der Waals surface area contributed by atoms with Crippen molar-refractivity contribution < 1.29 is 14.1 Å². The first-order valence-electron chi connectivity index (χ1n) is 10.3. The molecule has 2 heterocycles. The summed E-state index contributed by atoms with van der Waals surface area (Å²) < 4.78 is 5.22. The minimum absolute atomic E-state index is 0.0149. The number of hydrogen-bond acceptors (Lipinski definition) is 6. The number of fused-ring (bicyclic) bond motifs is 5. The number of aromatic nitrogens is 2. The van der Waals surface area contributed by atoms with Crippen LogP contribution in [0.2, 0.25) is 0 Å². The van der Waals surface area contributed by atoms with E-state index in [1.807, 2.05) is 13.8 Å². The average molecular weight is 400 g/mol. The molecule has 156 valence electrons. The molecule has 1 aromatic heterocycles. The number of allylic oxidation sites excluding steroid dienone is 2. The van der Waals surface area contributed by atoms with E-state index in [0.717, 1.165) is 6.42 Å². The molecular weight excluding hydrogens is 372 g/mol. The molecule has 29 heavy (non-hydrogen) atoms. The summed E-state index contributed by atoms with van der Waals surface area (Å²) in [5.41, 5.74) is 0. The van der Waals surface area contributed by atoms with Gasteiger partial charge in [-0.25, -0.2) is 0 Å². The molecule has 1 saturated carbocycles. The van der Waals surface area contributed by atoms with Crippen LogP contribution >= 0.6 is 0 Å². The third-order valence-corrected chi connectivity index (χ3v) is 6.04. The number of amides is 2. The molecule has 9 nitrogen and oxygen atoms in total. The Morgan fingerprint density at radius 2 is 1.86 bits per heavy atom. The van der Waals surface area contributed by atoms with Crippen LogP contribution in [0.3, 0.4) is 0 Å². The Bertz CT molecular complexity index is 815. The smallest absolute Gasteiger partial charge is 0.233 e. The zero-order chi connectivity index (χ0) is 20.5. The number of nitrogens with zero attached hydrogens (tertiary/aromatic N) is 4. The molecule has 2 fully saturated rings. The molecule has 1 aromatic rings. The SMILES string of the molecule is CN=C(NCCc1nc(C(C)C)no1)NCCN1C(=O)C2C3C=CC(C3)C2C1=O. The van der Waals surface area contributed by atoms with E-state index in [4.69, 9.17) is 4.52 Å². The van der Waals surface area contributed by atoms with Crippen LogP contribution in [0.1, 0.15) is 37.9 Å². The van der Waals surface area contributed by atoms with Crippen molar-refractivity contribution in [2.75, 3.05) is 26.7 Å². The second-order valence-corrected chi connectivity index (χ2v) is 8.20. The molecule has 3 aliphatic rings. The summed E-state index contributed by atoms with van der Waals surface area (Å²) in [4.78, 5) is 35.3. The summed E-state index contributed by atoms with van der Waals surface area (Å²) in [6, 6.07) is 0. The second-order valence-electron chi connectivity index (χ2n) is 8.20. The number of carbonyl (C=O) groups is 2. The van der Waals surface area contributed by atoms with Crippen LogP contribution in [0.4, 0.5) is 0 Å². The van der Waals surface area contributed by atoms with E-state index in [-0.39, 0.29) is 41.4 Å². The zero-order valence-corrected chi connectivity index (χ0v) is 17.1. The number of carbonyl (C=O) groups excluding carboxylic acids is 2. The standard InChI is InChI=1S/C20H28N6O3/c1-11(2)17-24-14(29-25-17)6-7-22-20(21-3)23-8-9-26-18(27)15-12-4-5-13(10-12)16(15)19(26)28/h4-5,11-13,15-16H,6-10H2,1-3H3,(H2,21,22,23). The van der Waals surface area contributed by atoms with E-state index in [0.29, 0.717) is 43.7 Å². The lowest BCUT2D eigenvalue weighted by Crippen LogP contribution is -2.44. The predicted molar refractivity (Wildman–Crippen MR) is 106 cm³/mol. The fourth-order valence-corrected chi connectivity index (χ4v) is 4.58. The van der Waals surface area contributed by atoms with Crippen molar-refractivity contribution in [3.05, 3.63) is 23.9 Å². The van der Waals surface area contributed by atoms with Crippen LogP contribution in [0.15, 0.2) is 21.7 Å². The van der Waals surface area contributed by atoms with Crippen molar-refractivity contribution >= 4 is 17.8 Å². The quantitative estimate of drug-likeness (QED) is 0.300. The lowest BCUT2D eigenvalue weighted by Gasteiger charge is -2.18. The first kappa shape index (κ1) is 19.6. The van der Waals surface area contributed by atoms with Gasteiger partial charge in [-0.1, -0.05) is 31.2 Å². The van der Waals surface area contributed by atoms with Crippen molar-refractivity contribution in [2.24, 2.45) is 28.7 Å². The summed E-state index contributed by atoms with van der Waals surface area (Å²) in [7, 11) is 1.68. The molecule has 2 amide bonds. The van der Waals surface area contributed by atoms with Crippen molar-refractivity contribution in [1.82, 2.24) is 25.7 Å². The lowest BCUT2D eigenvalue weighted by molar-refractivity contribution is -0.140. The molecule has 2 aliphatic carbocycles. The highest BCUT2D eigenvalue weighted by Crippen LogP contribution is 2.52. The average Bonchev–Trinajstić information content (AvgIpc) is 3.47. The number of hydrogen-bond donors (Lipinski definition) is 2. The van der Waals surface area contributed by atoms with Gasteiger partial charge in [-0.05, 0) is 18.3 Å². The van der Waals surface area contributed by atoms with Crippen LogP contribution in [-0.4, -0.2) is 59.5 Å². The Kier molecular flexibility index (Phi) is 5.38. The first-order valence-corrected chi connectivity index (χ1v) is 10.3. The van der Waals surface area contributed by atoms with E-state index in [2.05, 4.69) is 37.9 Å². The summed E-state index contributed by atoms with van der Waals surface area (Å²) in [6.07, 6.45) is 5.76. The predicted octanol–water partition coefficient (Wildman–Crippen LogP) is 0.708. The summed E-state index contributed by atoms with van der Waals surface area (Å²) >= 11 is 0. The lowest BCUT2D eigenvalue weighted by atomic mass is 9.85. The van der Waals surface area contributed by atoms with Crippen molar-refractivity contribution in [3.8, 4) is 0 Å². The van der Waals surface area contributed by atoms with E-state index >= 15 is 0 Å². The number of rotatable bonds is 7. The monoisotopic (exact) mass is 400 g/mol. The van der Waals surface area contributed by atoms with Gasteiger partial charge in [0.05, 0.1) is 11.8 Å². The fourth-order valence-electron chi connectivity index (χ4n) is 4.58. The molecule has 1 saturated heterocycles. The van der Waals surface area contributed by atoms with Crippen LogP contribution in [0, 0.1) is 23.7 Å². The topological polar surface area (TPSA) is 113 Å². The number of guanidine groups is 1. The largest absolute Gasteiger partial charge is 0.356 e. The molecule has 0 radical (unpaired) electrons. The third kappa shape index (κ3) is 3.65. The summed E-state index contributed by atoms with van der Waals surface area (Å²) in [5.74, 6) is 2.31. The molecule has 4 rings (SSSR count). The highest BCUT2D eigenvalue weighted by molar-refractivity contribution is 6.06. The molecule has 9 heteroatoms. The van der Waals surface area contributed by atoms with Gasteiger partial charge in [0.25, 0.3) is 0 Å². The Labute approximate surface area is 170 Å². The van der Waals surface area contributed by atoms with E-state index in [1.165, 1.54) is 4.90 Å². The minimum Gasteiger partial charge on any atom is -0.356 e. The normalized spacial score (nSPS) is 28.0. The number of nitrogens with one attached hydrogen (secondary N) is 2. The summed E-state index contributed by atoms with van der Waals surface area (Å²) in [5, 5.41) is 10.3. The van der Waals surface area contributed by atoms with Gasteiger partial charge in [-0.3, -0.25) is 19.5 Å². The first-order chi connectivity index (χ1) is 14.0. The fraction of sp³-hybridized carbons (Fsp3) is 0.650. The van der Waals surface area contributed by atoms with Gasteiger partial charge in [0.1, 0.15) is 0 Å². The van der Waals surface area contributed by atoms with Crippen LogP contribution in [0.5, 0.6) is 0 Å². The van der Waals surface area contributed by atoms with Crippen LogP contribution in [-0.2, 0) is 16.0 Å². The van der Waals surface area contributed by atoms with Gasteiger partial charge < -0.3 is 15.2 Å².